The third-order valence-corrected chi connectivity index (χ3v) is 3.95. The Morgan fingerprint density at radius 3 is 2.75 bits per heavy atom. The number of hydrogen-bond donors (Lipinski definition) is 0. The molecule has 0 atom stereocenters. The lowest BCUT2D eigenvalue weighted by Gasteiger charge is -2.21. The van der Waals surface area contributed by atoms with Crippen molar-refractivity contribution in [2.75, 3.05) is 20.7 Å². The number of nitrogens with zero attached hydrogens (tertiary/aromatic N) is 3. The Labute approximate surface area is 125 Å². The maximum Gasteiger partial charge on any atom is 0.124 e. The van der Waals surface area contributed by atoms with Crippen molar-refractivity contribution >= 4 is 22.6 Å². The largest absolute Gasteiger partial charge is 0.497 e. The molecule has 2 rings (SSSR count). The second-order valence-electron chi connectivity index (χ2n) is 5.24. The normalized spacial score (nSPS) is 11.8. The summed E-state index contributed by atoms with van der Waals surface area (Å²) in [7, 11) is 3.81. The van der Waals surface area contributed by atoms with Gasteiger partial charge >= 0.3 is 0 Å². The molecule has 110 valence electrons. The van der Waals surface area contributed by atoms with E-state index in [4.69, 9.17) is 16.3 Å². The average Bonchev–Trinajstić information content (AvgIpc) is 2.81. The number of rotatable bonds is 6. The second-order valence-corrected chi connectivity index (χ2v) is 5.51. The van der Waals surface area contributed by atoms with Gasteiger partial charge in [-0.15, -0.1) is 11.6 Å². The lowest BCUT2D eigenvalue weighted by Crippen LogP contribution is -2.30. The summed E-state index contributed by atoms with van der Waals surface area (Å²) in [6, 6.07) is 6.46. The summed E-state index contributed by atoms with van der Waals surface area (Å²) in [6.45, 7) is 6.22. The zero-order valence-corrected chi connectivity index (χ0v) is 13.3. The minimum absolute atomic E-state index is 0.419. The quantitative estimate of drug-likeness (QED) is 0.767. The molecule has 0 unspecified atom stereocenters. The van der Waals surface area contributed by atoms with Crippen molar-refractivity contribution < 1.29 is 4.74 Å². The zero-order valence-electron chi connectivity index (χ0n) is 12.6. The third-order valence-electron chi connectivity index (χ3n) is 3.71. The molecule has 0 aliphatic heterocycles. The van der Waals surface area contributed by atoms with Gasteiger partial charge in [0.2, 0.25) is 0 Å². The van der Waals surface area contributed by atoms with Crippen LogP contribution in [-0.4, -0.2) is 41.2 Å². The molecule has 0 spiro atoms. The molecule has 0 aliphatic rings. The van der Waals surface area contributed by atoms with Crippen molar-refractivity contribution in [2.45, 2.75) is 32.3 Å². The molecular formula is C15H22ClN3O. The van der Waals surface area contributed by atoms with Gasteiger partial charge in [0.1, 0.15) is 11.6 Å². The van der Waals surface area contributed by atoms with E-state index < -0.39 is 0 Å². The van der Waals surface area contributed by atoms with Gasteiger partial charge in [0.25, 0.3) is 0 Å². The molecule has 5 heteroatoms. The first-order valence-electron chi connectivity index (χ1n) is 6.86. The number of alkyl halides is 1. The van der Waals surface area contributed by atoms with Crippen molar-refractivity contribution in [1.29, 1.82) is 0 Å². The summed E-state index contributed by atoms with van der Waals surface area (Å²) >= 11 is 6.03. The first kappa shape index (κ1) is 15.1. The van der Waals surface area contributed by atoms with E-state index in [1.807, 2.05) is 18.2 Å². The molecule has 2 aromatic rings. The molecule has 0 amide bonds. The molecule has 0 saturated heterocycles. The summed E-state index contributed by atoms with van der Waals surface area (Å²) in [5.74, 6) is 2.17. The van der Waals surface area contributed by atoms with E-state index >= 15 is 0 Å². The number of likely N-dealkylation sites (N-methyl/N-ethyl adjacent to an activating group) is 1. The van der Waals surface area contributed by atoms with E-state index in [9.17, 15) is 0 Å². The predicted octanol–water partition coefficient (Wildman–Crippen LogP) is 3.12. The Morgan fingerprint density at radius 2 is 2.15 bits per heavy atom. The van der Waals surface area contributed by atoms with Gasteiger partial charge in [0, 0.05) is 25.2 Å². The summed E-state index contributed by atoms with van der Waals surface area (Å²) in [6.07, 6.45) is 0. The van der Waals surface area contributed by atoms with Crippen LogP contribution in [0.5, 0.6) is 5.75 Å². The molecule has 0 fully saturated rings. The van der Waals surface area contributed by atoms with E-state index in [1.54, 1.807) is 7.11 Å². The second kappa shape index (κ2) is 6.46. The highest BCUT2D eigenvalue weighted by Crippen LogP contribution is 2.22. The average molecular weight is 296 g/mol. The Bertz CT molecular complexity index is 580. The smallest absolute Gasteiger partial charge is 0.124 e. The van der Waals surface area contributed by atoms with E-state index in [-0.39, 0.29) is 0 Å². The maximum atomic E-state index is 6.03. The van der Waals surface area contributed by atoms with Crippen LogP contribution >= 0.6 is 11.6 Å². The number of fused-ring (bicyclic) bond motifs is 1. The lowest BCUT2D eigenvalue weighted by atomic mass is 10.3. The van der Waals surface area contributed by atoms with Gasteiger partial charge in [-0.1, -0.05) is 0 Å². The van der Waals surface area contributed by atoms with E-state index in [0.29, 0.717) is 11.9 Å². The lowest BCUT2D eigenvalue weighted by molar-refractivity contribution is 0.263. The highest BCUT2D eigenvalue weighted by Gasteiger charge is 2.12. The number of benzene rings is 1. The fourth-order valence-electron chi connectivity index (χ4n) is 2.15. The fourth-order valence-corrected chi connectivity index (χ4v) is 2.35. The number of aromatic nitrogens is 2. The predicted molar refractivity (Wildman–Crippen MR) is 83.6 cm³/mol. The standard InChI is InChI=1S/C15H22ClN3O/c1-11(2)18(3)7-8-19-14-9-12(20-4)5-6-13(14)17-15(19)10-16/h5-6,9,11H,7-8,10H2,1-4H3. The van der Waals surface area contributed by atoms with Crippen LogP contribution in [0.15, 0.2) is 18.2 Å². The number of halogens is 1. The highest BCUT2D eigenvalue weighted by atomic mass is 35.5. The SMILES string of the molecule is COc1ccc2nc(CCl)n(CCN(C)C(C)C)c2c1. The molecule has 0 bridgehead atoms. The van der Waals surface area contributed by atoms with Crippen molar-refractivity contribution in [2.24, 2.45) is 0 Å². The summed E-state index contributed by atoms with van der Waals surface area (Å²) < 4.78 is 7.48. The van der Waals surface area contributed by atoms with E-state index in [0.717, 1.165) is 35.7 Å². The van der Waals surface area contributed by atoms with Crippen LogP contribution in [0.25, 0.3) is 11.0 Å². The first-order valence-corrected chi connectivity index (χ1v) is 7.39. The van der Waals surface area contributed by atoms with Gasteiger partial charge in [-0.2, -0.15) is 0 Å². The van der Waals surface area contributed by atoms with Crippen LogP contribution in [0, 0.1) is 0 Å². The van der Waals surface area contributed by atoms with Crippen molar-refractivity contribution in [3.05, 3.63) is 24.0 Å². The van der Waals surface area contributed by atoms with Crippen LogP contribution in [0.1, 0.15) is 19.7 Å². The fraction of sp³-hybridized carbons (Fsp3) is 0.533. The minimum atomic E-state index is 0.419. The van der Waals surface area contributed by atoms with Gasteiger partial charge in [-0.3, -0.25) is 0 Å². The summed E-state index contributed by atoms with van der Waals surface area (Å²) in [5.41, 5.74) is 2.05. The third kappa shape index (κ3) is 3.07. The zero-order chi connectivity index (χ0) is 14.7. The maximum absolute atomic E-state index is 6.03. The summed E-state index contributed by atoms with van der Waals surface area (Å²) in [5, 5.41) is 0. The molecular weight excluding hydrogens is 274 g/mol. The van der Waals surface area contributed by atoms with Crippen LogP contribution in [0.4, 0.5) is 0 Å². The number of ether oxygens (including phenoxy) is 1. The molecule has 1 aromatic carbocycles. The Morgan fingerprint density at radius 1 is 1.40 bits per heavy atom. The number of methoxy groups -OCH3 is 1. The molecule has 4 nitrogen and oxygen atoms in total. The van der Waals surface area contributed by atoms with Crippen molar-refractivity contribution in [3.63, 3.8) is 0 Å². The number of hydrogen-bond acceptors (Lipinski definition) is 3. The van der Waals surface area contributed by atoms with Crippen molar-refractivity contribution in [3.8, 4) is 5.75 Å². The van der Waals surface area contributed by atoms with Crippen LogP contribution in [-0.2, 0) is 12.4 Å². The van der Waals surface area contributed by atoms with Gasteiger partial charge < -0.3 is 14.2 Å². The Hall–Kier alpha value is -1.26. The minimum Gasteiger partial charge on any atom is -0.497 e. The van der Waals surface area contributed by atoms with Gasteiger partial charge in [-0.25, -0.2) is 4.98 Å². The highest BCUT2D eigenvalue weighted by molar-refractivity contribution is 6.16. The molecule has 0 aliphatic carbocycles. The molecule has 0 saturated carbocycles. The molecule has 20 heavy (non-hydrogen) atoms. The molecule has 1 heterocycles. The van der Waals surface area contributed by atoms with Crippen LogP contribution < -0.4 is 4.74 Å². The van der Waals surface area contributed by atoms with Gasteiger partial charge in [-0.05, 0) is 33.0 Å². The Balaban J connectivity index is 2.33. The Kier molecular flexibility index (Phi) is 4.89. The number of imidazole rings is 1. The van der Waals surface area contributed by atoms with E-state index in [2.05, 4.69) is 35.3 Å². The monoisotopic (exact) mass is 295 g/mol. The van der Waals surface area contributed by atoms with Crippen molar-refractivity contribution in [1.82, 2.24) is 14.5 Å². The summed E-state index contributed by atoms with van der Waals surface area (Å²) in [4.78, 5) is 6.90. The van der Waals surface area contributed by atoms with Crippen LogP contribution in [0.2, 0.25) is 0 Å². The molecule has 1 aromatic heterocycles. The van der Waals surface area contributed by atoms with Gasteiger partial charge in [0.15, 0.2) is 0 Å². The topological polar surface area (TPSA) is 30.3 Å². The van der Waals surface area contributed by atoms with E-state index in [1.165, 1.54) is 0 Å². The van der Waals surface area contributed by atoms with Crippen LogP contribution in [0.3, 0.4) is 0 Å². The molecule has 0 radical (unpaired) electrons. The van der Waals surface area contributed by atoms with Gasteiger partial charge in [0.05, 0.1) is 24.0 Å². The first-order chi connectivity index (χ1) is 9.56. The molecule has 0 N–H and O–H groups in total.